The van der Waals surface area contributed by atoms with Crippen LogP contribution in [0.5, 0.6) is 5.75 Å². The van der Waals surface area contributed by atoms with E-state index < -0.39 is 0 Å². The average Bonchev–Trinajstić information content (AvgIpc) is 2.53. The molecule has 0 amide bonds. The van der Waals surface area contributed by atoms with Crippen molar-refractivity contribution in [2.75, 3.05) is 0 Å². The molecule has 2 nitrogen and oxygen atoms in total. The van der Waals surface area contributed by atoms with Gasteiger partial charge in [0.1, 0.15) is 5.75 Å². The van der Waals surface area contributed by atoms with Gasteiger partial charge in [-0.3, -0.25) is 4.79 Å². The minimum absolute atomic E-state index is 0.204. The van der Waals surface area contributed by atoms with E-state index in [-0.39, 0.29) is 5.97 Å². The highest BCUT2D eigenvalue weighted by Crippen LogP contribution is 2.38. The van der Waals surface area contributed by atoms with E-state index in [1.165, 1.54) is 26.9 Å². The van der Waals surface area contributed by atoms with Crippen LogP contribution in [-0.2, 0) is 4.79 Å². The van der Waals surface area contributed by atoms with Crippen LogP contribution in [0.4, 0.5) is 0 Å². The second-order valence-corrected chi connectivity index (χ2v) is 5.25. The molecule has 0 saturated carbocycles. The first-order valence-electron chi connectivity index (χ1n) is 7.15. The van der Waals surface area contributed by atoms with Gasteiger partial charge in [-0.1, -0.05) is 49.4 Å². The summed E-state index contributed by atoms with van der Waals surface area (Å²) < 4.78 is 5.48. The van der Waals surface area contributed by atoms with Gasteiger partial charge in [-0.2, -0.15) is 0 Å². The van der Waals surface area contributed by atoms with Crippen molar-refractivity contribution in [1.29, 1.82) is 0 Å². The lowest BCUT2D eigenvalue weighted by Gasteiger charge is -2.13. The molecule has 4 aromatic rings. The number of carbonyl (C=O) groups is 1. The number of hydrogen-bond donors (Lipinski definition) is 0. The number of benzene rings is 4. The lowest BCUT2D eigenvalue weighted by molar-refractivity contribution is -0.133. The van der Waals surface area contributed by atoms with E-state index >= 15 is 0 Å². The molecule has 0 heterocycles. The minimum atomic E-state index is -0.204. The van der Waals surface area contributed by atoms with Gasteiger partial charge < -0.3 is 4.74 Å². The summed E-state index contributed by atoms with van der Waals surface area (Å²) in [6.45, 7) is 1.80. The van der Waals surface area contributed by atoms with Crippen LogP contribution < -0.4 is 4.74 Å². The summed E-state index contributed by atoms with van der Waals surface area (Å²) in [5.74, 6) is 0.442. The molecule has 0 aliphatic rings. The van der Waals surface area contributed by atoms with E-state index in [2.05, 4.69) is 36.4 Å². The van der Waals surface area contributed by atoms with Gasteiger partial charge in [-0.15, -0.1) is 0 Å². The molecule has 0 saturated heterocycles. The molecule has 0 atom stereocenters. The summed E-state index contributed by atoms with van der Waals surface area (Å²) in [7, 11) is 0. The highest BCUT2D eigenvalue weighted by atomic mass is 16.5. The molecule has 0 aromatic heterocycles. The van der Waals surface area contributed by atoms with Crippen LogP contribution in [0, 0.1) is 0 Å². The first-order chi connectivity index (χ1) is 10.3. The molecule has 0 spiro atoms. The van der Waals surface area contributed by atoms with E-state index in [0.717, 1.165) is 5.39 Å². The largest absolute Gasteiger partial charge is 0.426 e. The molecule has 0 N–H and O–H groups in total. The smallest absolute Gasteiger partial charge is 0.310 e. The topological polar surface area (TPSA) is 26.3 Å². The van der Waals surface area contributed by atoms with Crippen molar-refractivity contribution < 1.29 is 9.53 Å². The zero-order valence-electron chi connectivity index (χ0n) is 11.7. The maximum absolute atomic E-state index is 11.6. The molecule has 4 rings (SSSR count). The van der Waals surface area contributed by atoms with Crippen molar-refractivity contribution in [3.8, 4) is 5.75 Å². The van der Waals surface area contributed by atoms with Crippen LogP contribution in [0.2, 0.25) is 0 Å². The van der Waals surface area contributed by atoms with Gasteiger partial charge in [0.05, 0.1) is 0 Å². The normalized spacial score (nSPS) is 11.5. The van der Waals surface area contributed by atoms with Crippen LogP contribution in [0.1, 0.15) is 13.3 Å². The number of ether oxygens (including phenoxy) is 1. The predicted molar refractivity (Wildman–Crippen MR) is 86.1 cm³/mol. The second-order valence-electron chi connectivity index (χ2n) is 5.25. The quantitative estimate of drug-likeness (QED) is 0.295. The Hall–Kier alpha value is -2.61. The molecule has 2 heteroatoms. The van der Waals surface area contributed by atoms with Gasteiger partial charge >= 0.3 is 5.97 Å². The molecule has 0 fully saturated rings. The SMILES string of the molecule is CCC(=O)Oc1ccc2ccc3cccc4ccc1c2c34. The van der Waals surface area contributed by atoms with Gasteiger partial charge in [0.25, 0.3) is 0 Å². The Morgan fingerprint density at radius 3 is 2.19 bits per heavy atom. The molecule has 0 unspecified atom stereocenters. The number of hydrogen-bond acceptors (Lipinski definition) is 2. The minimum Gasteiger partial charge on any atom is -0.426 e. The Morgan fingerprint density at radius 2 is 1.48 bits per heavy atom. The van der Waals surface area contributed by atoms with Gasteiger partial charge in [-0.05, 0) is 33.7 Å². The Labute approximate surface area is 122 Å². The molecule has 0 aliphatic carbocycles. The van der Waals surface area contributed by atoms with Gasteiger partial charge in [0.15, 0.2) is 0 Å². The summed E-state index contributed by atoms with van der Waals surface area (Å²) in [6, 6.07) is 18.6. The molecule has 102 valence electrons. The van der Waals surface area contributed by atoms with E-state index in [1.54, 1.807) is 6.92 Å². The third kappa shape index (κ3) is 1.76. The fraction of sp³-hybridized carbons (Fsp3) is 0.105. The first-order valence-corrected chi connectivity index (χ1v) is 7.15. The fourth-order valence-electron chi connectivity index (χ4n) is 2.99. The van der Waals surface area contributed by atoms with E-state index in [9.17, 15) is 4.79 Å². The van der Waals surface area contributed by atoms with Crippen molar-refractivity contribution in [2.24, 2.45) is 0 Å². The van der Waals surface area contributed by atoms with Crippen LogP contribution in [0.25, 0.3) is 32.3 Å². The zero-order chi connectivity index (χ0) is 14.4. The van der Waals surface area contributed by atoms with Crippen molar-refractivity contribution in [2.45, 2.75) is 13.3 Å². The Kier molecular flexibility index (Phi) is 2.58. The summed E-state index contributed by atoms with van der Waals surface area (Å²) >= 11 is 0. The molecule has 0 radical (unpaired) electrons. The molecule has 0 bridgehead atoms. The van der Waals surface area contributed by atoms with E-state index in [0.29, 0.717) is 12.2 Å². The van der Waals surface area contributed by atoms with Crippen molar-refractivity contribution in [1.82, 2.24) is 0 Å². The van der Waals surface area contributed by atoms with Crippen molar-refractivity contribution in [3.05, 3.63) is 54.6 Å². The van der Waals surface area contributed by atoms with Crippen molar-refractivity contribution >= 4 is 38.3 Å². The monoisotopic (exact) mass is 274 g/mol. The molecule has 21 heavy (non-hydrogen) atoms. The molecular formula is C19H14O2. The maximum Gasteiger partial charge on any atom is 0.310 e. The van der Waals surface area contributed by atoms with Gasteiger partial charge in [0, 0.05) is 17.2 Å². The number of rotatable bonds is 2. The third-order valence-corrected chi connectivity index (χ3v) is 4.00. The van der Waals surface area contributed by atoms with Crippen LogP contribution in [0.15, 0.2) is 54.6 Å². The Bertz CT molecular complexity index is 953. The predicted octanol–water partition coefficient (Wildman–Crippen LogP) is 4.90. The van der Waals surface area contributed by atoms with E-state index in [1.807, 2.05) is 18.2 Å². The lowest BCUT2D eigenvalue weighted by atomic mass is 9.94. The molecule has 0 aliphatic heterocycles. The van der Waals surface area contributed by atoms with Crippen LogP contribution in [-0.4, -0.2) is 5.97 Å². The standard InChI is InChI=1S/C19H14O2/c1-2-17(20)21-16-11-9-14-7-6-12-4-3-5-13-8-10-15(16)19(14)18(12)13/h3-11H,2H2,1H3. The number of carbonyl (C=O) groups excluding carboxylic acids is 1. The number of esters is 1. The second kappa shape index (κ2) is 4.45. The third-order valence-electron chi connectivity index (χ3n) is 4.00. The zero-order valence-corrected chi connectivity index (χ0v) is 11.7. The first kappa shape index (κ1) is 12.2. The van der Waals surface area contributed by atoms with Crippen LogP contribution in [0.3, 0.4) is 0 Å². The Morgan fingerprint density at radius 1 is 0.857 bits per heavy atom. The van der Waals surface area contributed by atoms with Gasteiger partial charge in [-0.25, -0.2) is 0 Å². The average molecular weight is 274 g/mol. The molecule has 4 aromatic carbocycles. The molecular weight excluding hydrogens is 260 g/mol. The summed E-state index contributed by atoms with van der Waals surface area (Å²) in [6.07, 6.45) is 0.377. The highest BCUT2D eigenvalue weighted by molar-refractivity contribution is 6.24. The Balaban J connectivity index is 2.13. The van der Waals surface area contributed by atoms with Crippen molar-refractivity contribution in [3.63, 3.8) is 0 Å². The van der Waals surface area contributed by atoms with Crippen LogP contribution >= 0.6 is 0 Å². The summed E-state index contributed by atoms with van der Waals surface area (Å²) in [5, 5.41) is 7.01. The highest BCUT2D eigenvalue weighted by Gasteiger charge is 2.12. The van der Waals surface area contributed by atoms with Gasteiger partial charge in [0.2, 0.25) is 0 Å². The maximum atomic E-state index is 11.6. The summed E-state index contributed by atoms with van der Waals surface area (Å²) in [5.41, 5.74) is 0. The summed E-state index contributed by atoms with van der Waals surface area (Å²) in [4.78, 5) is 11.6. The lowest BCUT2D eigenvalue weighted by Crippen LogP contribution is -2.05. The fourth-order valence-corrected chi connectivity index (χ4v) is 2.99. The van der Waals surface area contributed by atoms with E-state index in [4.69, 9.17) is 4.74 Å².